The standard InChI is InChI=1S/C12H21N3O3/c1-14-10-7-18-6-9(10)12(17)15-4-2-3-8(5-15)11(13)16/h8-10,14H,2-7H2,1H3,(H2,13,16). The molecule has 0 saturated carbocycles. The van der Waals surface area contributed by atoms with Crippen LogP contribution in [-0.2, 0) is 14.3 Å². The Morgan fingerprint density at radius 1 is 1.39 bits per heavy atom. The van der Waals surface area contributed by atoms with Crippen LogP contribution >= 0.6 is 0 Å². The zero-order valence-electron chi connectivity index (χ0n) is 10.7. The van der Waals surface area contributed by atoms with E-state index in [-0.39, 0.29) is 29.7 Å². The molecule has 0 aromatic rings. The fraction of sp³-hybridized carbons (Fsp3) is 0.833. The van der Waals surface area contributed by atoms with E-state index in [1.807, 2.05) is 7.05 Å². The third-order valence-electron chi connectivity index (χ3n) is 3.90. The average Bonchev–Trinajstić information content (AvgIpc) is 2.86. The maximum absolute atomic E-state index is 12.4. The summed E-state index contributed by atoms with van der Waals surface area (Å²) in [6, 6.07) is 0.0754. The van der Waals surface area contributed by atoms with Crippen LogP contribution in [0.1, 0.15) is 12.8 Å². The second-order valence-corrected chi connectivity index (χ2v) is 5.06. The SMILES string of the molecule is CNC1COCC1C(=O)N1CCCC(C(N)=O)C1. The molecule has 2 saturated heterocycles. The topological polar surface area (TPSA) is 84.7 Å². The van der Waals surface area contributed by atoms with Gasteiger partial charge in [-0.1, -0.05) is 0 Å². The average molecular weight is 255 g/mol. The van der Waals surface area contributed by atoms with Crippen LogP contribution in [0.15, 0.2) is 0 Å². The molecule has 2 aliphatic heterocycles. The molecule has 6 nitrogen and oxygen atoms in total. The summed E-state index contributed by atoms with van der Waals surface area (Å²) in [6.07, 6.45) is 1.63. The maximum atomic E-state index is 12.4. The molecular weight excluding hydrogens is 234 g/mol. The smallest absolute Gasteiger partial charge is 0.229 e. The number of hydrogen-bond acceptors (Lipinski definition) is 4. The van der Waals surface area contributed by atoms with Gasteiger partial charge >= 0.3 is 0 Å². The van der Waals surface area contributed by atoms with Crippen LogP contribution < -0.4 is 11.1 Å². The molecule has 0 radical (unpaired) electrons. The van der Waals surface area contributed by atoms with Crippen LogP contribution in [0, 0.1) is 11.8 Å². The van der Waals surface area contributed by atoms with Gasteiger partial charge in [0.05, 0.1) is 25.0 Å². The van der Waals surface area contributed by atoms with Crippen molar-refractivity contribution in [1.82, 2.24) is 10.2 Å². The predicted octanol–water partition coefficient (Wildman–Crippen LogP) is -1.06. The van der Waals surface area contributed by atoms with Crippen molar-refractivity contribution in [1.29, 1.82) is 0 Å². The van der Waals surface area contributed by atoms with Gasteiger partial charge < -0.3 is 20.7 Å². The number of hydrogen-bond donors (Lipinski definition) is 2. The number of carbonyl (C=O) groups excluding carboxylic acids is 2. The van der Waals surface area contributed by atoms with Crippen molar-refractivity contribution in [2.24, 2.45) is 17.6 Å². The first-order valence-corrected chi connectivity index (χ1v) is 6.46. The summed E-state index contributed by atoms with van der Waals surface area (Å²) in [6.45, 7) is 2.21. The molecule has 2 amide bonds. The molecule has 3 atom stereocenters. The van der Waals surface area contributed by atoms with Gasteiger partial charge in [0, 0.05) is 19.1 Å². The van der Waals surface area contributed by atoms with Crippen LogP contribution in [0.25, 0.3) is 0 Å². The molecular formula is C12H21N3O3. The van der Waals surface area contributed by atoms with E-state index < -0.39 is 0 Å². The highest BCUT2D eigenvalue weighted by atomic mass is 16.5. The molecule has 6 heteroatoms. The zero-order valence-corrected chi connectivity index (χ0v) is 10.7. The fourth-order valence-corrected chi connectivity index (χ4v) is 2.73. The molecule has 2 aliphatic rings. The first kappa shape index (κ1) is 13.3. The third kappa shape index (κ3) is 2.64. The lowest BCUT2D eigenvalue weighted by atomic mass is 9.95. The van der Waals surface area contributed by atoms with E-state index in [1.165, 1.54) is 0 Å². The van der Waals surface area contributed by atoms with Crippen LogP contribution in [0.5, 0.6) is 0 Å². The van der Waals surface area contributed by atoms with Gasteiger partial charge in [0.25, 0.3) is 0 Å². The lowest BCUT2D eigenvalue weighted by Crippen LogP contribution is -2.49. The van der Waals surface area contributed by atoms with Crippen molar-refractivity contribution in [2.75, 3.05) is 33.4 Å². The minimum atomic E-state index is -0.305. The molecule has 2 fully saturated rings. The zero-order chi connectivity index (χ0) is 13.1. The molecule has 0 aromatic carbocycles. The third-order valence-corrected chi connectivity index (χ3v) is 3.90. The second-order valence-electron chi connectivity index (χ2n) is 5.06. The number of likely N-dealkylation sites (tertiary alicyclic amines) is 1. The molecule has 0 aliphatic carbocycles. The molecule has 3 N–H and O–H groups in total. The van der Waals surface area contributed by atoms with Crippen LogP contribution in [0.4, 0.5) is 0 Å². The van der Waals surface area contributed by atoms with Gasteiger partial charge in [0.2, 0.25) is 11.8 Å². The van der Waals surface area contributed by atoms with Crippen molar-refractivity contribution >= 4 is 11.8 Å². The maximum Gasteiger partial charge on any atom is 0.229 e. The Hall–Kier alpha value is -1.14. The van der Waals surface area contributed by atoms with E-state index in [2.05, 4.69) is 5.32 Å². The van der Waals surface area contributed by atoms with Crippen molar-refractivity contribution < 1.29 is 14.3 Å². The number of likely N-dealkylation sites (N-methyl/N-ethyl adjacent to an activating group) is 1. The summed E-state index contributed by atoms with van der Waals surface area (Å²) < 4.78 is 5.35. The first-order valence-electron chi connectivity index (χ1n) is 6.46. The van der Waals surface area contributed by atoms with Gasteiger partial charge in [-0.3, -0.25) is 9.59 Å². The molecule has 0 aromatic heterocycles. The summed E-state index contributed by atoms with van der Waals surface area (Å²) >= 11 is 0. The van der Waals surface area contributed by atoms with Crippen LogP contribution in [0.3, 0.4) is 0 Å². The van der Waals surface area contributed by atoms with Crippen molar-refractivity contribution in [2.45, 2.75) is 18.9 Å². The summed E-state index contributed by atoms with van der Waals surface area (Å²) in [5, 5.41) is 3.10. The monoisotopic (exact) mass is 255 g/mol. The highest BCUT2D eigenvalue weighted by Crippen LogP contribution is 2.22. The molecule has 0 spiro atoms. The number of carbonyl (C=O) groups is 2. The Balaban J connectivity index is 1.98. The number of amides is 2. The number of ether oxygens (including phenoxy) is 1. The molecule has 2 heterocycles. The van der Waals surface area contributed by atoms with E-state index in [0.717, 1.165) is 19.4 Å². The van der Waals surface area contributed by atoms with Gasteiger partial charge in [-0.25, -0.2) is 0 Å². The van der Waals surface area contributed by atoms with Crippen molar-refractivity contribution in [3.63, 3.8) is 0 Å². The molecule has 18 heavy (non-hydrogen) atoms. The van der Waals surface area contributed by atoms with Crippen LogP contribution in [-0.4, -0.2) is 56.1 Å². The molecule has 3 unspecified atom stereocenters. The molecule has 2 rings (SSSR count). The van der Waals surface area contributed by atoms with Crippen LogP contribution in [0.2, 0.25) is 0 Å². The number of piperidine rings is 1. The Morgan fingerprint density at radius 2 is 2.17 bits per heavy atom. The van der Waals surface area contributed by atoms with E-state index in [4.69, 9.17) is 10.5 Å². The Labute approximate surface area is 107 Å². The molecule has 102 valence electrons. The quantitative estimate of drug-likeness (QED) is 0.673. The fourth-order valence-electron chi connectivity index (χ4n) is 2.73. The normalized spacial score (nSPS) is 32.5. The van der Waals surface area contributed by atoms with Gasteiger partial charge in [0.15, 0.2) is 0 Å². The van der Waals surface area contributed by atoms with E-state index >= 15 is 0 Å². The number of nitrogens with one attached hydrogen (secondary N) is 1. The Morgan fingerprint density at radius 3 is 2.83 bits per heavy atom. The summed E-state index contributed by atoms with van der Waals surface area (Å²) in [5.41, 5.74) is 5.32. The Kier molecular flexibility index (Phi) is 4.19. The van der Waals surface area contributed by atoms with E-state index in [9.17, 15) is 9.59 Å². The highest BCUT2D eigenvalue weighted by molar-refractivity contribution is 5.82. The van der Waals surface area contributed by atoms with E-state index in [1.54, 1.807) is 4.90 Å². The number of primary amides is 1. The minimum absolute atomic E-state index is 0.0754. The predicted molar refractivity (Wildman–Crippen MR) is 65.7 cm³/mol. The first-order chi connectivity index (χ1) is 8.63. The van der Waals surface area contributed by atoms with Crippen molar-refractivity contribution in [3.8, 4) is 0 Å². The van der Waals surface area contributed by atoms with E-state index in [0.29, 0.717) is 19.8 Å². The van der Waals surface area contributed by atoms with Gasteiger partial charge in [-0.15, -0.1) is 0 Å². The number of nitrogens with zero attached hydrogens (tertiary/aromatic N) is 1. The lowest BCUT2D eigenvalue weighted by Gasteiger charge is -2.33. The lowest BCUT2D eigenvalue weighted by molar-refractivity contribution is -0.139. The van der Waals surface area contributed by atoms with Gasteiger partial charge in [-0.05, 0) is 19.9 Å². The van der Waals surface area contributed by atoms with Crippen molar-refractivity contribution in [3.05, 3.63) is 0 Å². The highest BCUT2D eigenvalue weighted by Gasteiger charge is 2.37. The largest absolute Gasteiger partial charge is 0.379 e. The minimum Gasteiger partial charge on any atom is -0.379 e. The van der Waals surface area contributed by atoms with Gasteiger partial charge in [0.1, 0.15) is 0 Å². The summed E-state index contributed by atoms with van der Waals surface area (Å²) in [4.78, 5) is 25.4. The van der Waals surface area contributed by atoms with Gasteiger partial charge in [-0.2, -0.15) is 0 Å². The number of nitrogens with two attached hydrogens (primary N) is 1. The Bertz CT molecular complexity index is 335. The molecule has 0 bridgehead atoms. The second kappa shape index (κ2) is 5.67. The summed E-state index contributed by atoms with van der Waals surface area (Å²) in [5.74, 6) is -0.558. The number of rotatable bonds is 3. The summed E-state index contributed by atoms with van der Waals surface area (Å²) in [7, 11) is 1.84.